The summed E-state index contributed by atoms with van der Waals surface area (Å²) in [5.41, 5.74) is 11.7. The van der Waals surface area contributed by atoms with Gasteiger partial charge in [0.2, 0.25) is 5.91 Å². The molecule has 16 heavy (non-hydrogen) atoms. The number of carbonyl (C=O) groups is 1. The number of rotatable bonds is 6. The Morgan fingerprint density at radius 1 is 1.38 bits per heavy atom. The lowest BCUT2D eigenvalue weighted by molar-refractivity contribution is -0.118. The summed E-state index contributed by atoms with van der Waals surface area (Å²) in [6.07, 6.45) is 1.89. The molecule has 0 heterocycles. The molecule has 0 fully saturated rings. The van der Waals surface area contributed by atoms with Gasteiger partial charge in [0.05, 0.1) is 11.4 Å². The first kappa shape index (κ1) is 12.3. The van der Waals surface area contributed by atoms with E-state index in [1.807, 2.05) is 0 Å². The summed E-state index contributed by atoms with van der Waals surface area (Å²) in [4.78, 5) is 10.5. The molecule has 1 aromatic carbocycles. The molecule has 1 aromatic rings. The predicted molar refractivity (Wildman–Crippen MR) is 62.3 cm³/mol. The standard InChI is InChI=1S/C11H16FN3O/c12-8-4-5-9(13)10(7-8)15-6-2-1-3-11(14)16/h4-5,7,15H,1-3,6,13H2,(H2,14,16). The van der Waals surface area contributed by atoms with Crippen molar-refractivity contribution in [1.29, 1.82) is 0 Å². The Balaban J connectivity index is 2.31. The minimum Gasteiger partial charge on any atom is -0.397 e. The number of nitrogen functional groups attached to an aromatic ring is 1. The van der Waals surface area contributed by atoms with E-state index in [-0.39, 0.29) is 11.7 Å². The molecule has 0 unspecified atom stereocenters. The molecule has 5 N–H and O–H groups in total. The summed E-state index contributed by atoms with van der Waals surface area (Å²) in [6.45, 7) is 0.640. The van der Waals surface area contributed by atoms with Crippen LogP contribution in [0.4, 0.5) is 15.8 Å². The Kier molecular flexibility index (Phi) is 4.57. The van der Waals surface area contributed by atoms with Crippen LogP contribution in [-0.2, 0) is 4.79 Å². The minimum atomic E-state index is -0.325. The second-order valence-electron chi connectivity index (χ2n) is 3.58. The van der Waals surface area contributed by atoms with E-state index in [4.69, 9.17) is 11.5 Å². The van der Waals surface area contributed by atoms with Crippen LogP contribution in [0.3, 0.4) is 0 Å². The van der Waals surface area contributed by atoms with Crippen LogP contribution in [0.2, 0.25) is 0 Å². The van der Waals surface area contributed by atoms with Crippen LogP contribution in [0, 0.1) is 5.82 Å². The van der Waals surface area contributed by atoms with E-state index in [1.54, 1.807) is 0 Å². The molecule has 1 rings (SSSR count). The second-order valence-corrected chi connectivity index (χ2v) is 3.58. The summed E-state index contributed by atoms with van der Waals surface area (Å²) >= 11 is 0. The van der Waals surface area contributed by atoms with Gasteiger partial charge >= 0.3 is 0 Å². The molecular formula is C11H16FN3O. The SMILES string of the molecule is NC(=O)CCCCNc1cc(F)ccc1N. The van der Waals surface area contributed by atoms with Gasteiger partial charge in [0.15, 0.2) is 0 Å². The van der Waals surface area contributed by atoms with E-state index in [0.717, 1.165) is 12.8 Å². The van der Waals surface area contributed by atoms with Crippen molar-refractivity contribution in [2.24, 2.45) is 5.73 Å². The maximum absolute atomic E-state index is 12.9. The quantitative estimate of drug-likeness (QED) is 0.506. The summed E-state index contributed by atoms with van der Waals surface area (Å²) < 4.78 is 12.9. The Labute approximate surface area is 93.8 Å². The largest absolute Gasteiger partial charge is 0.397 e. The second kappa shape index (κ2) is 5.95. The number of unbranched alkanes of at least 4 members (excludes halogenated alkanes) is 1. The summed E-state index contributed by atoms with van der Waals surface area (Å²) in [6, 6.07) is 4.18. The summed E-state index contributed by atoms with van der Waals surface area (Å²) in [5, 5.41) is 3.01. The number of hydrogen-bond acceptors (Lipinski definition) is 3. The third-order valence-electron chi connectivity index (χ3n) is 2.18. The van der Waals surface area contributed by atoms with Gasteiger partial charge in [0.25, 0.3) is 0 Å². The van der Waals surface area contributed by atoms with Crippen molar-refractivity contribution in [3.8, 4) is 0 Å². The lowest BCUT2D eigenvalue weighted by atomic mass is 10.2. The number of carbonyl (C=O) groups excluding carboxylic acids is 1. The van der Waals surface area contributed by atoms with Gasteiger partial charge in [-0.15, -0.1) is 0 Å². The van der Waals surface area contributed by atoms with Gasteiger partial charge in [0, 0.05) is 13.0 Å². The first-order valence-corrected chi connectivity index (χ1v) is 5.17. The van der Waals surface area contributed by atoms with E-state index in [9.17, 15) is 9.18 Å². The molecule has 0 aliphatic heterocycles. The van der Waals surface area contributed by atoms with Gasteiger partial charge in [-0.25, -0.2) is 4.39 Å². The summed E-state index contributed by atoms with van der Waals surface area (Å²) in [5.74, 6) is -0.626. The predicted octanol–water partition coefficient (Wildman–Crippen LogP) is 1.48. The topological polar surface area (TPSA) is 81.1 Å². The molecule has 0 radical (unpaired) electrons. The van der Waals surface area contributed by atoms with Gasteiger partial charge < -0.3 is 16.8 Å². The molecule has 5 heteroatoms. The molecule has 1 amide bonds. The number of benzene rings is 1. The van der Waals surface area contributed by atoms with Crippen molar-refractivity contribution < 1.29 is 9.18 Å². The van der Waals surface area contributed by atoms with Crippen LogP contribution in [0.15, 0.2) is 18.2 Å². The Bertz CT molecular complexity index is 368. The first-order valence-electron chi connectivity index (χ1n) is 5.17. The lowest BCUT2D eigenvalue weighted by Gasteiger charge is -2.08. The number of anilines is 2. The highest BCUT2D eigenvalue weighted by molar-refractivity contribution is 5.73. The zero-order chi connectivity index (χ0) is 12.0. The van der Waals surface area contributed by atoms with Crippen LogP contribution >= 0.6 is 0 Å². The Morgan fingerprint density at radius 3 is 2.81 bits per heavy atom. The molecule has 0 saturated carbocycles. The third kappa shape index (κ3) is 4.16. The summed E-state index contributed by atoms with van der Waals surface area (Å²) in [7, 11) is 0. The number of halogens is 1. The van der Waals surface area contributed by atoms with E-state index in [1.165, 1.54) is 18.2 Å². The first-order chi connectivity index (χ1) is 7.59. The molecular weight excluding hydrogens is 209 g/mol. The molecule has 0 aromatic heterocycles. The minimum absolute atomic E-state index is 0.301. The lowest BCUT2D eigenvalue weighted by Crippen LogP contribution is -2.11. The van der Waals surface area contributed by atoms with Gasteiger partial charge in [-0.1, -0.05) is 0 Å². The Hall–Kier alpha value is -1.78. The van der Waals surface area contributed by atoms with Gasteiger partial charge in [0.1, 0.15) is 5.82 Å². The average Bonchev–Trinajstić information content (AvgIpc) is 2.22. The monoisotopic (exact) mass is 225 g/mol. The fourth-order valence-electron chi connectivity index (χ4n) is 1.33. The number of nitrogens with two attached hydrogens (primary N) is 2. The number of hydrogen-bond donors (Lipinski definition) is 3. The molecule has 0 aliphatic carbocycles. The van der Waals surface area contributed by atoms with Crippen LogP contribution in [0.25, 0.3) is 0 Å². The smallest absolute Gasteiger partial charge is 0.217 e. The van der Waals surface area contributed by atoms with Crippen molar-refractivity contribution >= 4 is 17.3 Å². The van der Waals surface area contributed by atoms with Gasteiger partial charge in [-0.05, 0) is 31.0 Å². The van der Waals surface area contributed by atoms with Gasteiger partial charge in [-0.2, -0.15) is 0 Å². The Morgan fingerprint density at radius 2 is 2.12 bits per heavy atom. The van der Waals surface area contributed by atoms with Crippen molar-refractivity contribution in [3.05, 3.63) is 24.0 Å². The van der Waals surface area contributed by atoms with E-state index in [2.05, 4.69) is 5.32 Å². The van der Waals surface area contributed by atoms with E-state index >= 15 is 0 Å². The maximum Gasteiger partial charge on any atom is 0.217 e. The maximum atomic E-state index is 12.9. The molecule has 4 nitrogen and oxygen atoms in total. The highest BCUT2D eigenvalue weighted by atomic mass is 19.1. The van der Waals surface area contributed by atoms with Crippen molar-refractivity contribution in [3.63, 3.8) is 0 Å². The molecule has 88 valence electrons. The van der Waals surface area contributed by atoms with Crippen LogP contribution in [0.1, 0.15) is 19.3 Å². The highest BCUT2D eigenvalue weighted by Crippen LogP contribution is 2.19. The molecule has 0 atom stereocenters. The van der Waals surface area contributed by atoms with E-state index < -0.39 is 0 Å². The van der Waals surface area contributed by atoms with Crippen molar-refractivity contribution in [2.45, 2.75) is 19.3 Å². The van der Waals surface area contributed by atoms with Crippen LogP contribution in [-0.4, -0.2) is 12.5 Å². The fraction of sp³-hybridized carbons (Fsp3) is 0.364. The van der Waals surface area contributed by atoms with Gasteiger partial charge in [-0.3, -0.25) is 4.79 Å². The van der Waals surface area contributed by atoms with Crippen molar-refractivity contribution in [2.75, 3.05) is 17.6 Å². The molecule has 0 bridgehead atoms. The molecule has 0 aliphatic rings. The average molecular weight is 225 g/mol. The van der Waals surface area contributed by atoms with Crippen LogP contribution in [0.5, 0.6) is 0 Å². The molecule has 0 saturated heterocycles. The number of primary amides is 1. The zero-order valence-corrected chi connectivity index (χ0v) is 9.00. The van der Waals surface area contributed by atoms with Crippen molar-refractivity contribution in [1.82, 2.24) is 0 Å². The van der Waals surface area contributed by atoms with Crippen LogP contribution < -0.4 is 16.8 Å². The number of amides is 1. The molecule has 0 spiro atoms. The highest BCUT2D eigenvalue weighted by Gasteiger charge is 2.00. The fourth-order valence-corrected chi connectivity index (χ4v) is 1.33. The van der Waals surface area contributed by atoms with E-state index in [0.29, 0.717) is 24.3 Å². The zero-order valence-electron chi connectivity index (χ0n) is 9.00. The number of nitrogens with one attached hydrogen (secondary N) is 1. The third-order valence-corrected chi connectivity index (χ3v) is 2.18. The normalized spacial score (nSPS) is 10.1.